The van der Waals surface area contributed by atoms with Crippen molar-refractivity contribution in [1.82, 2.24) is 25.5 Å². The predicted molar refractivity (Wildman–Crippen MR) is 135 cm³/mol. The second-order valence-corrected chi connectivity index (χ2v) is 9.28. The number of amides is 2. The summed E-state index contributed by atoms with van der Waals surface area (Å²) in [7, 11) is 0. The molecule has 10 nitrogen and oxygen atoms in total. The van der Waals surface area contributed by atoms with Gasteiger partial charge in [-0.15, -0.1) is 10.2 Å². The topological polar surface area (TPSA) is 126 Å². The quantitative estimate of drug-likeness (QED) is 0.362. The van der Waals surface area contributed by atoms with E-state index in [1.165, 1.54) is 41.3 Å². The summed E-state index contributed by atoms with van der Waals surface area (Å²) >= 11 is 0. The number of nitrogens with one attached hydrogen (secondary N) is 1. The predicted octanol–water partition coefficient (Wildman–Crippen LogP) is 3.92. The van der Waals surface area contributed by atoms with Crippen LogP contribution in [-0.2, 0) is 16.1 Å². The van der Waals surface area contributed by atoms with Crippen LogP contribution in [-0.4, -0.2) is 43.2 Å². The number of carbonyl (C=O) groups excluding carboxylic acids is 2. The summed E-state index contributed by atoms with van der Waals surface area (Å²) < 4.78 is 19.3. The van der Waals surface area contributed by atoms with E-state index in [0.29, 0.717) is 17.1 Å². The smallest absolute Gasteiger partial charge is 0.251 e. The SMILES string of the molecule is Cc1ccc(-c2nnn(CC(=O)N(c3cccc(O)c3)[C@H](C(=O)NC3CCCC3)c3ccc(F)cc3)n2)o1. The molecular formula is C27H27FN6O4. The lowest BCUT2D eigenvalue weighted by Gasteiger charge is -2.32. The number of aromatic nitrogens is 4. The third kappa shape index (κ3) is 5.56. The van der Waals surface area contributed by atoms with Crippen molar-refractivity contribution in [3.8, 4) is 17.3 Å². The van der Waals surface area contributed by atoms with Gasteiger partial charge in [-0.1, -0.05) is 31.0 Å². The first-order valence-corrected chi connectivity index (χ1v) is 12.4. The van der Waals surface area contributed by atoms with E-state index < -0.39 is 23.7 Å². The number of aromatic hydroxyl groups is 1. The minimum atomic E-state index is -1.14. The maximum Gasteiger partial charge on any atom is 0.251 e. The van der Waals surface area contributed by atoms with Gasteiger partial charge in [-0.2, -0.15) is 4.80 Å². The first-order valence-electron chi connectivity index (χ1n) is 12.4. The third-order valence-corrected chi connectivity index (χ3v) is 6.46. The summed E-state index contributed by atoms with van der Waals surface area (Å²) in [5.74, 6) is -0.187. The van der Waals surface area contributed by atoms with E-state index >= 15 is 0 Å². The summed E-state index contributed by atoms with van der Waals surface area (Å²) in [6.07, 6.45) is 3.72. The zero-order chi connectivity index (χ0) is 26.6. The lowest BCUT2D eigenvalue weighted by atomic mass is 10.0. The number of tetrazole rings is 1. The third-order valence-electron chi connectivity index (χ3n) is 6.46. The molecule has 1 atom stereocenters. The minimum Gasteiger partial charge on any atom is -0.508 e. The Balaban J connectivity index is 1.51. The normalized spacial score (nSPS) is 14.4. The van der Waals surface area contributed by atoms with Crippen molar-refractivity contribution in [2.45, 2.75) is 51.2 Å². The number of halogens is 1. The summed E-state index contributed by atoms with van der Waals surface area (Å²) in [5.41, 5.74) is 0.699. The molecule has 1 fully saturated rings. The molecule has 4 aromatic rings. The molecule has 0 radical (unpaired) electrons. The van der Waals surface area contributed by atoms with Crippen LogP contribution in [0, 0.1) is 12.7 Å². The Hall–Kier alpha value is -4.54. The van der Waals surface area contributed by atoms with Crippen LogP contribution in [0.1, 0.15) is 43.0 Å². The van der Waals surface area contributed by atoms with Gasteiger partial charge in [0, 0.05) is 17.8 Å². The highest BCUT2D eigenvalue weighted by atomic mass is 19.1. The molecule has 1 aliphatic carbocycles. The fourth-order valence-corrected chi connectivity index (χ4v) is 4.65. The van der Waals surface area contributed by atoms with Crippen LogP contribution >= 0.6 is 0 Å². The lowest BCUT2D eigenvalue weighted by Crippen LogP contribution is -2.47. The lowest BCUT2D eigenvalue weighted by molar-refractivity contribution is -0.127. The molecule has 5 rings (SSSR count). The van der Waals surface area contributed by atoms with E-state index in [1.54, 1.807) is 31.2 Å². The fraction of sp³-hybridized carbons (Fsp3) is 0.296. The maximum atomic E-state index is 13.8. The number of aryl methyl sites for hydroxylation is 1. The standard InChI is InChI=1S/C27H27FN6O4/c1-17-9-14-23(38-17)26-30-32-33(31-26)16-24(36)34(21-7-4-8-22(35)15-21)25(18-10-12-19(28)13-11-18)27(37)29-20-5-2-3-6-20/h4,7-15,20,25,35H,2-3,5-6,16H2,1H3,(H,29,37)/t25-/m0/s1. The van der Waals surface area contributed by atoms with E-state index in [1.807, 2.05) is 0 Å². The Labute approximate surface area is 218 Å². The van der Waals surface area contributed by atoms with Gasteiger partial charge in [0.15, 0.2) is 5.76 Å². The van der Waals surface area contributed by atoms with Gasteiger partial charge in [0.05, 0.1) is 0 Å². The Morgan fingerprint density at radius 2 is 1.92 bits per heavy atom. The average Bonchev–Trinajstić information content (AvgIpc) is 3.66. The van der Waals surface area contributed by atoms with Gasteiger partial charge in [0.25, 0.3) is 5.91 Å². The number of anilines is 1. The summed E-state index contributed by atoms with van der Waals surface area (Å²) in [5, 5.41) is 25.4. The van der Waals surface area contributed by atoms with Gasteiger partial charge < -0.3 is 14.8 Å². The summed E-state index contributed by atoms with van der Waals surface area (Å²) in [6, 6.07) is 13.8. The molecule has 1 saturated carbocycles. The number of rotatable bonds is 8. The number of hydrogen-bond donors (Lipinski definition) is 2. The summed E-state index contributed by atoms with van der Waals surface area (Å²) in [4.78, 5) is 29.9. The molecule has 2 amide bonds. The molecular weight excluding hydrogens is 491 g/mol. The summed E-state index contributed by atoms with van der Waals surface area (Å²) in [6.45, 7) is 1.44. The van der Waals surface area contributed by atoms with Gasteiger partial charge in [-0.05, 0) is 66.9 Å². The molecule has 2 heterocycles. The highest BCUT2D eigenvalue weighted by Gasteiger charge is 2.35. The van der Waals surface area contributed by atoms with Crippen molar-refractivity contribution in [1.29, 1.82) is 0 Å². The van der Waals surface area contributed by atoms with E-state index in [4.69, 9.17) is 4.42 Å². The van der Waals surface area contributed by atoms with Crippen LogP contribution < -0.4 is 10.2 Å². The Kier molecular flexibility index (Phi) is 7.16. The van der Waals surface area contributed by atoms with Crippen LogP contribution in [0.2, 0.25) is 0 Å². The molecule has 11 heteroatoms. The van der Waals surface area contributed by atoms with Gasteiger partial charge in [0.2, 0.25) is 11.7 Å². The molecule has 196 valence electrons. The van der Waals surface area contributed by atoms with Crippen molar-refractivity contribution in [2.24, 2.45) is 0 Å². The average molecular weight is 519 g/mol. The monoisotopic (exact) mass is 518 g/mol. The highest BCUT2D eigenvalue weighted by molar-refractivity contribution is 6.01. The van der Waals surface area contributed by atoms with E-state index in [0.717, 1.165) is 30.5 Å². The number of hydrogen-bond acceptors (Lipinski definition) is 7. The van der Waals surface area contributed by atoms with Crippen LogP contribution in [0.3, 0.4) is 0 Å². The molecule has 2 aromatic heterocycles. The van der Waals surface area contributed by atoms with Crippen molar-refractivity contribution in [2.75, 3.05) is 4.90 Å². The van der Waals surface area contributed by atoms with Crippen molar-refractivity contribution in [3.63, 3.8) is 0 Å². The van der Waals surface area contributed by atoms with Gasteiger partial charge in [-0.3, -0.25) is 14.5 Å². The largest absolute Gasteiger partial charge is 0.508 e. The van der Waals surface area contributed by atoms with E-state index in [9.17, 15) is 19.1 Å². The second kappa shape index (κ2) is 10.8. The number of phenolic OH excluding ortho intramolecular Hbond substituents is 1. The Morgan fingerprint density at radius 3 is 2.61 bits per heavy atom. The van der Waals surface area contributed by atoms with Crippen LogP contribution in [0.25, 0.3) is 11.6 Å². The van der Waals surface area contributed by atoms with E-state index in [-0.39, 0.29) is 29.8 Å². The van der Waals surface area contributed by atoms with Crippen LogP contribution in [0.15, 0.2) is 65.1 Å². The van der Waals surface area contributed by atoms with Gasteiger partial charge in [0.1, 0.15) is 29.9 Å². The minimum absolute atomic E-state index is 0.0112. The number of phenols is 1. The van der Waals surface area contributed by atoms with Crippen molar-refractivity contribution >= 4 is 17.5 Å². The number of nitrogens with zero attached hydrogens (tertiary/aromatic N) is 5. The highest BCUT2D eigenvalue weighted by Crippen LogP contribution is 2.31. The molecule has 2 aromatic carbocycles. The zero-order valence-corrected chi connectivity index (χ0v) is 20.7. The first kappa shape index (κ1) is 25.1. The number of carbonyl (C=O) groups is 2. The molecule has 0 aliphatic heterocycles. The van der Waals surface area contributed by atoms with Crippen molar-refractivity contribution in [3.05, 3.63) is 77.8 Å². The number of furan rings is 1. The van der Waals surface area contributed by atoms with Gasteiger partial charge in [-0.25, -0.2) is 4.39 Å². The molecule has 1 aliphatic rings. The van der Waals surface area contributed by atoms with Crippen molar-refractivity contribution < 1.29 is 23.5 Å². The number of benzene rings is 2. The Morgan fingerprint density at radius 1 is 1.16 bits per heavy atom. The molecule has 0 spiro atoms. The zero-order valence-electron chi connectivity index (χ0n) is 20.7. The Bertz CT molecular complexity index is 1430. The second-order valence-electron chi connectivity index (χ2n) is 9.28. The van der Waals surface area contributed by atoms with Crippen LogP contribution in [0.5, 0.6) is 5.75 Å². The maximum absolute atomic E-state index is 13.8. The fourth-order valence-electron chi connectivity index (χ4n) is 4.65. The molecule has 0 saturated heterocycles. The first-order chi connectivity index (χ1) is 18.4. The van der Waals surface area contributed by atoms with Gasteiger partial charge >= 0.3 is 0 Å². The van der Waals surface area contributed by atoms with Crippen LogP contribution in [0.4, 0.5) is 10.1 Å². The molecule has 0 bridgehead atoms. The molecule has 38 heavy (non-hydrogen) atoms. The molecule has 0 unspecified atom stereocenters. The van der Waals surface area contributed by atoms with E-state index in [2.05, 4.69) is 20.7 Å². The molecule has 2 N–H and O–H groups in total.